The van der Waals surface area contributed by atoms with Crippen LogP contribution in [-0.4, -0.2) is 29.6 Å². The molecule has 0 radical (unpaired) electrons. The molecular formula is C12H20N4. The second-order valence-corrected chi connectivity index (χ2v) is 4.71. The number of rotatable bonds is 3. The second kappa shape index (κ2) is 4.78. The Balaban J connectivity index is 2.16. The fourth-order valence-corrected chi connectivity index (χ4v) is 2.16. The molecule has 1 aliphatic carbocycles. The maximum absolute atomic E-state index is 5.77. The standard InChI is InChI=1S/C12H20N4/c1-9(13)8-16(2)12-14-7-10-5-3-4-6-11(10)15-12/h7,9H,3-6,8,13H2,1-2H3. The van der Waals surface area contributed by atoms with Gasteiger partial charge in [-0.3, -0.25) is 0 Å². The van der Waals surface area contributed by atoms with Crippen LogP contribution >= 0.6 is 0 Å². The highest BCUT2D eigenvalue weighted by atomic mass is 15.2. The first kappa shape index (κ1) is 11.3. The van der Waals surface area contributed by atoms with Gasteiger partial charge in [0, 0.05) is 31.5 Å². The van der Waals surface area contributed by atoms with E-state index in [2.05, 4.69) is 9.97 Å². The largest absolute Gasteiger partial charge is 0.342 e. The molecule has 0 aromatic carbocycles. The highest BCUT2D eigenvalue weighted by Crippen LogP contribution is 2.20. The molecule has 1 heterocycles. The minimum atomic E-state index is 0.143. The quantitative estimate of drug-likeness (QED) is 0.830. The lowest BCUT2D eigenvalue weighted by atomic mass is 9.98. The minimum absolute atomic E-state index is 0.143. The van der Waals surface area contributed by atoms with E-state index in [0.717, 1.165) is 25.3 Å². The van der Waals surface area contributed by atoms with Crippen LogP contribution in [0.5, 0.6) is 0 Å². The zero-order valence-electron chi connectivity index (χ0n) is 10.1. The van der Waals surface area contributed by atoms with E-state index < -0.39 is 0 Å². The summed E-state index contributed by atoms with van der Waals surface area (Å²) in [6.07, 6.45) is 6.73. The van der Waals surface area contributed by atoms with Crippen LogP contribution in [0.1, 0.15) is 31.0 Å². The smallest absolute Gasteiger partial charge is 0.225 e. The minimum Gasteiger partial charge on any atom is -0.342 e. The van der Waals surface area contributed by atoms with Crippen molar-refractivity contribution >= 4 is 5.95 Å². The van der Waals surface area contributed by atoms with Crippen LogP contribution in [0.3, 0.4) is 0 Å². The van der Waals surface area contributed by atoms with Gasteiger partial charge in [-0.25, -0.2) is 9.97 Å². The highest BCUT2D eigenvalue weighted by Gasteiger charge is 2.14. The lowest BCUT2D eigenvalue weighted by molar-refractivity contribution is 0.652. The average molecular weight is 220 g/mol. The highest BCUT2D eigenvalue weighted by molar-refractivity contribution is 5.33. The van der Waals surface area contributed by atoms with E-state index in [0.29, 0.717) is 0 Å². The van der Waals surface area contributed by atoms with Crippen molar-refractivity contribution in [2.75, 3.05) is 18.5 Å². The van der Waals surface area contributed by atoms with Gasteiger partial charge >= 0.3 is 0 Å². The number of anilines is 1. The average Bonchev–Trinajstić information content (AvgIpc) is 2.27. The summed E-state index contributed by atoms with van der Waals surface area (Å²) in [6.45, 7) is 2.79. The summed E-state index contributed by atoms with van der Waals surface area (Å²) in [5.41, 5.74) is 8.32. The van der Waals surface area contributed by atoms with Crippen LogP contribution in [-0.2, 0) is 12.8 Å². The fraction of sp³-hybridized carbons (Fsp3) is 0.667. The summed E-state index contributed by atoms with van der Waals surface area (Å²) >= 11 is 0. The number of nitrogens with two attached hydrogens (primary N) is 1. The van der Waals surface area contributed by atoms with Crippen molar-refractivity contribution in [3.05, 3.63) is 17.5 Å². The van der Waals surface area contributed by atoms with E-state index in [1.54, 1.807) is 0 Å². The van der Waals surface area contributed by atoms with Gasteiger partial charge < -0.3 is 10.6 Å². The third-order valence-corrected chi connectivity index (χ3v) is 2.95. The zero-order valence-corrected chi connectivity index (χ0v) is 10.1. The van der Waals surface area contributed by atoms with Gasteiger partial charge in [0.2, 0.25) is 5.95 Å². The number of hydrogen-bond acceptors (Lipinski definition) is 4. The maximum Gasteiger partial charge on any atom is 0.225 e. The van der Waals surface area contributed by atoms with Crippen LogP contribution in [0, 0.1) is 0 Å². The Morgan fingerprint density at radius 2 is 2.19 bits per heavy atom. The number of hydrogen-bond donors (Lipinski definition) is 1. The first-order valence-electron chi connectivity index (χ1n) is 5.98. The number of fused-ring (bicyclic) bond motifs is 1. The molecule has 1 aromatic rings. The van der Waals surface area contributed by atoms with Crippen LogP contribution in [0.4, 0.5) is 5.95 Å². The first-order valence-corrected chi connectivity index (χ1v) is 5.98. The SMILES string of the molecule is CC(N)CN(C)c1ncc2c(n1)CCCC2. The molecule has 0 amide bonds. The van der Waals surface area contributed by atoms with Gasteiger partial charge in [-0.15, -0.1) is 0 Å². The molecule has 88 valence electrons. The Morgan fingerprint density at radius 3 is 2.94 bits per heavy atom. The molecule has 2 N–H and O–H groups in total. The summed E-state index contributed by atoms with van der Waals surface area (Å²) < 4.78 is 0. The molecule has 1 aromatic heterocycles. The van der Waals surface area contributed by atoms with E-state index in [-0.39, 0.29) is 6.04 Å². The van der Waals surface area contributed by atoms with Crippen LogP contribution in [0.25, 0.3) is 0 Å². The third-order valence-electron chi connectivity index (χ3n) is 2.95. The van der Waals surface area contributed by atoms with Crippen molar-refractivity contribution in [1.29, 1.82) is 0 Å². The number of nitrogens with zero attached hydrogens (tertiary/aromatic N) is 3. The Hall–Kier alpha value is -1.16. The Bertz CT molecular complexity index is 362. The second-order valence-electron chi connectivity index (χ2n) is 4.71. The van der Waals surface area contributed by atoms with Crippen molar-refractivity contribution in [2.24, 2.45) is 5.73 Å². The first-order chi connectivity index (χ1) is 7.66. The normalized spacial score (nSPS) is 16.7. The van der Waals surface area contributed by atoms with Gasteiger partial charge in [-0.05, 0) is 38.2 Å². The van der Waals surface area contributed by atoms with E-state index in [1.807, 2.05) is 25.1 Å². The molecule has 4 nitrogen and oxygen atoms in total. The topological polar surface area (TPSA) is 55.0 Å². The number of aryl methyl sites for hydroxylation is 2. The fourth-order valence-electron chi connectivity index (χ4n) is 2.16. The summed E-state index contributed by atoms with van der Waals surface area (Å²) in [5.74, 6) is 0.804. The van der Waals surface area contributed by atoms with Crippen LogP contribution in [0.15, 0.2) is 6.20 Å². The summed E-state index contributed by atoms with van der Waals surface area (Å²) in [7, 11) is 1.99. The third kappa shape index (κ3) is 2.50. The molecule has 16 heavy (non-hydrogen) atoms. The summed E-state index contributed by atoms with van der Waals surface area (Å²) in [6, 6.07) is 0.143. The van der Waals surface area contributed by atoms with Gasteiger partial charge in [-0.2, -0.15) is 0 Å². The number of aromatic nitrogens is 2. The molecule has 4 heteroatoms. The van der Waals surface area contributed by atoms with Crippen molar-refractivity contribution in [2.45, 2.75) is 38.6 Å². The predicted octanol–water partition coefficient (Wildman–Crippen LogP) is 1.14. The van der Waals surface area contributed by atoms with Crippen molar-refractivity contribution in [3.8, 4) is 0 Å². The summed E-state index contributed by atoms with van der Waals surface area (Å²) in [5, 5.41) is 0. The molecule has 2 rings (SSSR count). The lowest BCUT2D eigenvalue weighted by Gasteiger charge is -2.21. The van der Waals surface area contributed by atoms with Crippen molar-refractivity contribution < 1.29 is 0 Å². The molecule has 0 saturated carbocycles. The summed E-state index contributed by atoms with van der Waals surface area (Å²) in [4.78, 5) is 11.1. The maximum atomic E-state index is 5.77. The van der Waals surface area contributed by atoms with E-state index in [4.69, 9.17) is 5.73 Å². The Kier molecular flexibility index (Phi) is 3.39. The van der Waals surface area contributed by atoms with Gasteiger partial charge in [0.25, 0.3) is 0 Å². The molecule has 0 saturated heterocycles. The zero-order chi connectivity index (χ0) is 11.5. The van der Waals surface area contributed by atoms with Gasteiger partial charge in [0.05, 0.1) is 0 Å². The van der Waals surface area contributed by atoms with E-state index in [9.17, 15) is 0 Å². The van der Waals surface area contributed by atoms with E-state index >= 15 is 0 Å². The molecule has 0 aliphatic heterocycles. The number of likely N-dealkylation sites (N-methyl/N-ethyl adjacent to an activating group) is 1. The van der Waals surface area contributed by atoms with Gasteiger partial charge in [0.15, 0.2) is 0 Å². The Morgan fingerprint density at radius 1 is 1.44 bits per heavy atom. The molecular weight excluding hydrogens is 200 g/mol. The van der Waals surface area contributed by atoms with Crippen LogP contribution < -0.4 is 10.6 Å². The molecule has 1 aliphatic rings. The van der Waals surface area contributed by atoms with Gasteiger partial charge in [-0.1, -0.05) is 0 Å². The lowest BCUT2D eigenvalue weighted by Crippen LogP contribution is -2.34. The molecule has 0 bridgehead atoms. The monoisotopic (exact) mass is 220 g/mol. The van der Waals surface area contributed by atoms with Gasteiger partial charge in [0.1, 0.15) is 0 Å². The van der Waals surface area contributed by atoms with E-state index in [1.165, 1.54) is 24.1 Å². The predicted molar refractivity (Wildman–Crippen MR) is 65.6 cm³/mol. The van der Waals surface area contributed by atoms with Crippen molar-refractivity contribution in [3.63, 3.8) is 0 Å². The van der Waals surface area contributed by atoms with Crippen molar-refractivity contribution in [1.82, 2.24) is 9.97 Å². The molecule has 1 atom stereocenters. The molecule has 0 spiro atoms. The van der Waals surface area contributed by atoms with Crippen LogP contribution in [0.2, 0.25) is 0 Å². The Labute approximate surface area is 96.9 Å². The molecule has 1 unspecified atom stereocenters. The molecule has 0 fully saturated rings.